The highest BCUT2D eigenvalue weighted by atomic mass is 19.4. The van der Waals surface area contributed by atoms with Crippen LogP contribution in [0, 0.1) is 0 Å². The van der Waals surface area contributed by atoms with Gasteiger partial charge in [0.1, 0.15) is 22.8 Å². The fraction of sp³-hybridized carbons (Fsp3) is 0.260. The van der Waals surface area contributed by atoms with Crippen molar-refractivity contribution in [2.75, 3.05) is 22.1 Å². The number of hydrogen-bond donors (Lipinski definition) is 4. The van der Waals surface area contributed by atoms with E-state index in [1.807, 2.05) is 221 Å². The normalized spacial score (nSPS) is 13.2. The summed E-state index contributed by atoms with van der Waals surface area (Å²) in [7, 11) is 0. The molecule has 3 aromatic heterocycles. The minimum atomic E-state index is -4.64. The summed E-state index contributed by atoms with van der Waals surface area (Å²) in [6.07, 6.45) is 6.03. The van der Waals surface area contributed by atoms with Crippen molar-refractivity contribution in [1.82, 2.24) is 15.0 Å². The summed E-state index contributed by atoms with van der Waals surface area (Å²) >= 11 is 0. The molecule has 0 aliphatic heterocycles. The summed E-state index contributed by atoms with van der Waals surface area (Å²) in [6.45, 7) is 14.1. The van der Waals surface area contributed by atoms with E-state index in [1.54, 1.807) is 53.2 Å². The van der Waals surface area contributed by atoms with E-state index in [9.17, 15) is 46.7 Å². The second kappa shape index (κ2) is 35.7. The molecule has 3 fully saturated rings. The van der Waals surface area contributed by atoms with Crippen LogP contribution in [0.25, 0.3) is 66.1 Å². The third-order valence-electron chi connectivity index (χ3n) is 19.8. The molecule has 9 aromatic carbocycles. The number of amides is 2. The molecule has 0 unspecified atom stereocenters. The van der Waals surface area contributed by atoms with E-state index in [-0.39, 0.29) is 48.2 Å². The summed E-state index contributed by atoms with van der Waals surface area (Å²) in [5.74, 6) is 1.43. The number of Topliss-reactive ketones (excluding diaryl/α,β-unsaturated/α-hetero) is 5. The fourth-order valence-electron chi connectivity index (χ4n) is 14.1. The van der Waals surface area contributed by atoms with Gasteiger partial charge in [-0.1, -0.05) is 140 Å². The van der Waals surface area contributed by atoms with Crippen molar-refractivity contribution in [3.05, 3.63) is 280 Å². The predicted molar refractivity (Wildman–Crippen MR) is 450 cm³/mol. The number of rotatable bonds is 21. The van der Waals surface area contributed by atoms with Crippen molar-refractivity contribution in [2.24, 2.45) is 0 Å². The Morgan fingerprint density at radius 1 is 0.388 bits per heavy atom. The number of carbonyl (C=O) groups excluding carboxylic acids is 8. The number of alkyl halides is 3. The summed E-state index contributed by atoms with van der Waals surface area (Å²) < 4.78 is 42.1. The Kier molecular flexibility index (Phi) is 25.4. The Morgan fingerprint density at radius 3 is 1.03 bits per heavy atom. The van der Waals surface area contributed by atoms with E-state index in [0.29, 0.717) is 75.5 Å². The molecular formula is C96H92F3N7O10. The van der Waals surface area contributed by atoms with E-state index in [1.165, 1.54) is 5.56 Å². The molecule has 0 bridgehead atoms. The van der Waals surface area contributed by atoms with Gasteiger partial charge >= 0.3 is 18.4 Å². The van der Waals surface area contributed by atoms with Gasteiger partial charge in [0.25, 0.3) is 0 Å². The first-order valence-electron chi connectivity index (χ1n) is 38.7. The van der Waals surface area contributed by atoms with Crippen LogP contribution in [0.2, 0.25) is 0 Å². The van der Waals surface area contributed by atoms with Gasteiger partial charge in [0.05, 0.1) is 16.6 Å². The summed E-state index contributed by atoms with van der Waals surface area (Å²) in [5, 5.41) is 8.40. The number of anilines is 4. The first kappa shape index (κ1) is 82.6. The number of nitrogens with one attached hydrogen (secondary N) is 2. The van der Waals surface area contributed by atoms with Gasteiger partial charge in [0, 0.05) is 112 Å². The molecular weight excluding hydrogens is 1470 g/mol. The fourth-order valence-corrected chi connectivity index (χ4v) is 14.1. The molecule has 3 saturated carbocycles. The Labute approximate surface area is 671 Å². The number of hydrogen-bond acceptors (Lipinski definition) is 15. The molecule has 116 heavy (non-hydrogen) atoms. The summed E-state index contributed by atoms with van der Waals surface area (Å²) in [5.41, 5.74) is 31.7. The van der Waals surface area contributed by atoms with Crippen LogP contribution in [0.15, 0.2) is 219 Å². The topological polar surface area (TPSA) is 270 Å². The van der Waals surface area contributed by atoms with Crippen LogP contribution in [-0.4, -0.2) is 79.7 Å². The molecule has 15 rings (SSSR count). The molecule has 17 nitrogen and oxygen atoms in total. The molecule has 0 spiro atoms. The Morgan fingerprint density at radius 2 is 0.698 bits per heavy atom. The number of aromatic nitrogens is 3. The maximum atomic E-state index is 13.6. The van der Waals surface area contributed by atoms with Crippen LogP contribution in [0.5, 0.6) is 0 Å². The molecule has 0 saturated heterocycles. The number of ether oxygens (including phenoxy) is 2. The maximum absolute atomic E-state index is 13.6. The second-order valence-electron chi connectivity index (χ2n) is 31.8. The number of fused-ring (bicyclic) bond motifs is 3. The smallest absolute Gasteiger partial charge is 0.444 e. The molecule has 3 heterocycles. The molecule has 0 radical (unpaired) electrons. The van der Waals surface area contributed by atoms with Crippen LogP contribution in [0.4, 0.5) is 45.5 Å². The van der Waals surface area contributed by atoms with Crippen LogP contribution >= 0.6 is 0 Å². The van der Waals surface area contributed by atoms with Gasteiger partial charge in [-0.15, -0.1) is 0 Å². The lowest BCUT2D eigenvalue weighted by Gasteiger charge is -2.21. The highest BCUT2D eigenvalue weighted by molar-refractivity contribution is 6.05. The van der Waals surface area contributed by atoms with Crippen LogP contribution in [0.3, 0.4) is 0 Å². The SMILES string of the molecule is CC(=O)Cc1ccc2cc(C(=O)Cc3cc(-c4ccccc4)ccc3N)cnc2c1C1CC1.CC(=O)Cc1ccc2cc(C(=O)Cc3cc(-c4ccccc4)ccc3NC(=O)OC(C)(C)C)cnc2c1C1CC1.CC(C)(C)OC(=O)Nc1ccc(-c2ccccc2)cc1CC(=O)c1cnc2c(C3CC3)c(N)ccc2c1.O=CC(F)(F)F. The van der Waals surface area contributed by atoms with Crippen LogP contribution in [0.1, 0.15) is 187 Å². The van der Waals surface area contributed by atoms with Gasteiger partial charge in [-0.3, -0.25) is 54.4 Å². The van der Waals surface area contributed by atoms with Gasteiger partial charge in [-0.25, -0.2) is 9.59 Å². The first-order chi connectivity index (χ1) is 55.3. The molecule has 3 aliphatic carbocycles. The number of carbonyl (C=O) groups is 8. The zero-order valence-corrected chi connectivity index (χ0v) is 66.1. The largest absolute Gasteiger partial charge is 0.446 e. The quantitative estimate of drug-likeness (QED) is 0.0296. The molecule has 20 heteroatoms. The van der Waals surface area contributed by atoms with Crippen molar-refractivity contribution < 1.29 is 61.0 Å². The second-order valence-corrected chi connectivity index (χ2v) is 31.8. The molecule has 6 N–H and O–H groups in total. The molecule has 3 aliphatic rings. The summed E-state index contributed by atoms with van der Waals surface area (Å²) in [4.78, 5) is 112. The number of benzene rings is 9. The van der Waals surface area contributed by atoms with Gasteiger partial charge in [-0.05, 0) is 245 Å². The molecule has 2 amide bonds. The van der Waals surface area contributed by atoms with E-state index in [4.69, 9.17) is 35.7 Å². The van der Waals surface area contributed by atoms with Crippen molar-refractivity contribution in [2.45, 2.75) is 161 Å². The van der Waals surface area contributed by atoms with E-state index in [2.05, 4.69) is 15.6 Å². The first-order valence-corrected chi connectivity index (χ1v) is 38.7. The Hall–Kier alpha value is -12.8. The average molecular weight is 1560 g/mol. The molecule has 0 atom stereocenters. The van der Waals surface area contributed by atoms with E-state index < -0.39 is 35.9 Å². The highest BCUT2D eigenvalue weighted by Crippen LogP contribution is 2.48. The molecule has 592 valence electrons. The monoisotopic (exact) mass is 1560 g/mol. The lowest BCUT2D eigenvalue weighted by atomic mass is 9.94. The molecule has 12 aromatic rings. The number of nitrogens with zero attached hydrogens (tertiary/aromatic N) is 3. The average Bonchev–Trinajstić information content (AvgIpc) is 1.62. The van der Waals surface area contributed by atoms with Gasteiger partial charge in [0.15, 0.2) is 17.3 Å². The highest BCUT2D eigenvalue weighted by Gasteiger charge is 2.33. The summed E-state index contributed by atoms with van der Waals surface area (Å²) in [6, 6.07) is 64.6. The minimum Gasteiger partial charge on any atom is -0.444 e. The lowest BCUT2D eigenvalue weighted by Crippen LogP contribution is -2.27. The lowest BCUT2D eigenvalue weighted by molar-refractivity contribution is -0.156. The Bertz CT molecular complexity index is 5730. The zero-order valence-electron chi connectivity index (χ0n) is 66.1. The number of aldehydes is 1. The van der Waals surface area contributed by atoms with Crippen LogP contribution in [-0.2, 0) is 56.0 Å². The Balaban J connectivity index is 0.000000155. The standard InChI is InChI=1S/C34H34N2O4.C31H31N3O3.C29H26N2O2.C2HF3O/c1-21(37)16-25-12-13-26-18-28(20-35-32(26)31(25)23-10-11-23)30(38)19-27-17-24(22-8-6-5-7-9-22)14-15-29(27)36-33(39)40-34(2,3)4;1-31(2,3)37-30(36)34-26-14-12-21(19-7-5-4-6-8-19)15-23(26)17-27(35)24-16-22-11-13-25(32)28(20-9-10-20)29(22)33-18-24;1-18(32)13-22-9-10-23-15-25(17-31-29(23)28(22)20-7-8-20)27(33)16-24-14-21(11-12-26(24)30)19-5-3-2-4-6-19;3-2(4,5)1-6/h5-9,12-15,17-18,20,23H,10-11,16,19H2,1-4H3,(H,36,39);4-8,11-16,18,20H,9-10,17,32H2,1-3H3,(H,34,36);2-6,9-12,14-15,17,20H,7-8,13,16,30H2,1H3;1H. The maximum Gasteiger partial charge on any atom is 0.446 e. The van der Waals surface area contributed by atoms with Crippen molar-refractivity contribution >= 4 is 103 Å². The number of nitrogens with two attached hydrogens (primary N) is 2. The van der Waals surface area contributed by atoms with Gasteiger partial charge < -0.3 is 20.9 Å². The van der Waals surface area contributed by atoms with Crippen molar-refractivity contribution in [3.8, 4) is 33.4 Å². The van der Waals surface area contributed by atoms with Gasteiger partial charge in [-0.2, -0.15) is 13.2 Å². The van der Waals surface area contributed by atoms with Crippen molar-refractivity contribution in [3.63, 3.8) is 0 Å². The number of nitrogen functional groups attached to an aromatic ring is 2. The van der Waals surface area contributed by atoms with Gasteiger partial charge in [0.2, 0.25) is 6.29 Å². The van der Waals surface area contributed by atoms with Crippen LogP contribution < -0.4 is 22.1 Å². The zero-order chi connectivity index (χ0) is 82.8. The van der Waals surface area contributed by atoms with E-state index in [0.717, 1.165) is 138 Å². The third kappa shape index (κ3) is 22.1. The predicted octanol–water partition coefficient (Wildman–Crippen LogP) is 21.5. The minimum absolute atomic E-state index is 0.0119. The number of ketones is 5. The van der Waals surface area contributed by atoms with Crippen molar-refractivity contribution in [1.29, 1.82) is 0 Å². The van der Waals surface area contributed by atoms with E-state index >= 15 is 0 Å². The number of pyridine rings is 3. The number of halogens is 3. The third-order valence-corrected chi connectivity index (χ3v) is 19.8.